The molecule has 0 aliphatic carbocycles. The molecule has 0 saturated carbocycles. The monoisotopic (exact) mass is 368 g/mol. The van der Waals surface area contributed by atoms with Gasteiger partial charge in [-0.3, -0.25) is 4.90 Å². The molecule has 1 aliphatic rings. The maximum atomic E-state index is 6.29. The summed E-state index contributed by atoms with van der Waals surface area (Å²) in [5, 5.41) is 5.11. The highest BCUT2D eigenvalue weighted by Crippen LogP contribution is 2.20. The van der Waals surface area contributed by atoms with E-state index in [9.17, 15) is 0 Å². The number of hydrogen-bond acceptors (Lipinski definition) is 5. The molecule has 0 spiro atoms. The van der Waals surface area contributed by atoms with Crippen LogP contribution in [0.3, 0.4) is 0 Å². The number of anilines is 1. The van der Waals surface area contributed by atoms with Gasteiger partial charge in [-0.25, -0.2) is 14.6 Å². The largest absolute Gasteiger partial charge is 0.354 e. The zero-order chi connectivity index (χ0) is 17.9. The molecule has 0 amide bonds. The van der Waals surface area contributed by atoms with Gasteiger partial charge in [0.1, 0.15) is 11.6 Å². The third-order valence-corrected chi connectivity index (χ3v) is 4.97. The lowest BCUT2D eigenvalue weighted by molar-refractivity contribution is 0.249. The second kappa shape index (κ2) is 7.43. The molecular weight excluding hydrogens is 348 g/mol. The topological polar surface area (TPSA) is 50.1 Å². The second-order valence-corrected chi connectivity index (χ2v) is 6.84. The van der Waals surface area contributed by atoms with Gasteiger partial charge in [-0.05, 0) is 24.6 Å². The van der Waals surface area contributed by atoms with Crippen molar-refractivity contribution in [2.45, 2.75) is 13.5 Å². The van der Waals surface area contributed by atoms with Gasteiger partial charge in [-0.2, -0.15) is 5.10 Å². The Bertz CT molecular complexity index is 871. The Morgan fingerprint density at radius 3 is 2.50 bits per heavy atom. The number of aryl methyl sites for hydroxylation is 1. The number of piperazine rings is 1. The summed E-state index contributed by atoms with van der Waals surface area (Å²) < 4.78 is 1.77. The van der Waals surface area contributed by atoms with E-state index in [0.29, 0.717) is 0 Å². The summed E-state index contributed by atoms with van der Waals surface area (Å²) in [6.45, 7) is 6.62. The number of halogens is 1. The van der Waals surface area contributed by atoms with Crippen molar-refractivity contribution in [2.75, 3.05) is 31.1 Å². The molecule has 0 unspecified atom stereocenters. The Hall–Kier alpha value is -2.44. The summed E-state index contributed by atoms with van der Waals surface area (Å²) in [4.78, 5) is 13.9. The fourth-order valence-corrected chi connectivity index (χ4v) is 3.42. The van der Waals surface area contributed by atoms with Crippen molar-refractivity contribution in [3.63, 3.8) is 0 Å². The quantitative estimate of drug-likeness (QED) is 0.708. The number of hydrogen-bond donors (Lipinski definition) is 0. The maximum absolute atomic E-state index is 6.29. The molecule has 134 valence electrons. The molecule has 7 heteroatoms. The van der Waals surface area contributed by atoms with Crippen molar-refractivity contribution in [1.29, 1.82) is 0 Å². The second-order valence-electron chi connectivity index (χ2n) is 6.44. The van der Waals surface area contributed by atoms with Gasteiger partial charge in [0.25, 0.3) is 0 Å². The van der Waals surface area contributed by atoms with E-state index in [1.54, 1.807) is 10.9 Å². The molecule has 4 rings (SSSR count). The van der Waals surface area contributed by atoms with Crippen LogP contribution in [-0.4, -0.2) is 50.8 Å². The number of nitrogens with zero attached hydrogens (tertiary/aromatic N) is 6. The molecule has 3 aromatic rings. The normalized spacial score (nSPS) is 15.4. The van der Waals surface area contributed by atoms with Gasteiger partial charge < -0.3 is 4.90 Å². The lowest BCUT2D eigenvalue weighted by atomic mass is 10.2. The van der Waals surface area contributed by atoms with Crippen LogP contribution in [0.5, 0.6) is 0 Å². The van der Waals surface area contributed by atoms with Crippen LogP contribution in [-0.2, 0) is 6.54 Å². The summed E-state index contributed by atoms with van der Waals surface area (Å²) in [5.74, 6) is 2.52. The molecule has 0 radical (unpaired) electrons. The predicted molar refractivity (Wildman–Crippen MR) is 103 cm³/mol. The molecule has 0 N–H and O–H groups in total. The van der Waals surface area contributed by atoms with Crippen molar-refractivity contribution >= 4 is 17.4 Å². The Labute approximate surface area is 158 Å². The van der Waals surface area contributed by atoms with Crippen molar-refractivity contribution in [3.05, 3.63) is 65.2 Å². The van der Waals surface area contributed by atoms with Crippen molar-refractivity contribution < 1.29 is 0 Å². The minimum atomic E-state index is 0.756. The fraction of sp³-hybridized carbons (Fsp3) is 0.316. The minimum absolute atomic E-state index is 0.756. The van der Waals surface area contributed by atoms with Gasteiger partial charge in [0.15, 0.2) is 5.82 Å². The molecule has 1 aliphatic heterocycles. The zero-order valence-corrected chi connectivity index (χ0v) is 15.5. The summed E-state index contributed by atoms with van der Waals surface area (Å²) in [5.41, 5.74) is 1.18. The van der Waals surface area contributed by atoms with Crippen LogP contribution in [0, 0.1) is 6.92 Å². The highest BCUT2D eigenvalue weighted by Gasteiger charge is 2.20. The molecule has 0 bridgehead atoms. The van der Waals surface area contributed by atoms with Gasteiger partial charge in [0.05, 0.1) is 0 Å². The Morgan fingerprint density at radius 2 is 1.77 bits per heavy atom. The number of rotatable bonds is 4. The Balaban J connectivity index is 1.44. The summed E-state index contributed by atoms with van der Waals surface area (Å²) in [6.07, 6.45) is 3.65. The first-order chi connectivity index (χ1) is 12.7. The van der Waals surface area contributed by atoms with Crippen LogP contribution in [0.1, 0.15) is 11.4 Å². The van der Waals surface area contributed by atoms with Crippen LogP contribution < -0.4 is 4.90 Å². The zero-order valence-electron chi connectivity index (χ0n) is 14.7. The molecule has 1 saturated heterocycles. The fourth-order valence-electron chi connectivity index (χ4n) is 3.22. The summed E-state index contributed by atoms with van der Waals surface area (Å²) in [7, 11) is 0. The standard InChI is InChI=1S/C19H21ClN6/c1-15-22-18(13-19(23-15)26-8-4-7-21-26)25-11-9-24(10-12-25)14-16-5-2-3-6-17(16)20/h2-8,13H,9-12,14H2,1H3. The number of benzene rings is 1. The van der Waals surface area contributed by atoms with Crippen LogP contribution in [0.15, 0.2) is 48.8 Å². The van der Waals surface area contributed by atoms with E-state index in [2.05, 4.69) is 30.9 Å². The first-order valence-electron chi connectivity index (χ1n) is 8.75. The van der Waals surface area contributed by atoms with Crippen molar-refractivity contribution in [2.24, 2.45) is 0 Å². The van der Waals surface area contributed by atoms with E-state index in [0.717, 1.165) is 55.2 Å². The third-order valence-electron chi connectivity index (χ3n) is 4.60. The summed E-state index contributed by atoms with van der Waals surface area (Å²) in [6, 6.07) is 12.0. The average Bonchev–Trinajstić information content (AvgIpc) is 3.19. The van der Waals surface area contributed by atoms with Crippen LogP contribution in [0.25, 0.3) is 5.82 Å². The van der Waals surface area contributed by atoms with Gasteiger partial charge in [0.2, 0.25) is 0 Å². The summed E-state index contributed by atoms with van der Waals surface area (Å²) >= 11 is 6.29. The van der Waals surface area contributed by atoms with Crippen LogP contribution in [0.4, 0.5) is 5.82 Å². The molecule has 3 heterocycles. The van der Waals surface area contributed by atoms with Gasteiger partial charge in [-0.1, -0.05) is 29.8 Å². The Kier molecular flexibility index (Phi) is 4.86. The molecule has 1 fully saturated rings. The predicted octanol–water partition coefficient (Wildman–Crippen LogP) is 2.95. The first-order valence-corrected chi connectivity index (χ1v) is 9.13. The highest BCUT2D eigenvalue weighted by molar-refractivity contribution is 6.31. The lowest BCUT2D eigenvalue weighted by Crippen LogP contribution is -2.46. The van der Waals surface area contributed by atoms with Crippen molar-refractivity contribution in [3.8, 4) is 5.82 Å². The number of aromatic nitrogens is 4. The smallest absolute Gasteiger partial charge is 0.159 e. The molecule has 0 atom stereocenters. The molecular formula is C19H21ClN6. The molecule has 6 nitrogen and oxygen atoms in total. The first kappa shape index (κ1) is 17.0. The molecule has 26 heavy (non-hydrogen) atoms. The molecule has 1 aromatic carbocycles. The van der Waals surface area contributed by atoms with Gasteiger partial charge in [0, 0.05) is 56.2 Å². The van der Waals surface area contributed by atoms with Crippen molar-refractivity contribution in [1.82, 2.24) is 24.6 Å². The van der Waals surface area contributed by atoms with E-state index < -0.39 is 0 Å². The van der Waals surface area contributed by atoms with E-state index in [1.807, 2.05) is 43.5 Å². The highest BCUT2D eigenvalue weighted by atomic mass is 35.5. The lowest BCUT2D eigenvalue weighted by Gasteiger charge is -2.35. The van der Waals surface area contributed by atoms with E-state index in [4.69, 9.17) is 11.6 Å². The molecule has 2 aromatic heterocycles. The average molecular weight is 369 g/mol. The maximum Gasteiger partial charge on any atom is 0.159 e. The van der Waals surface area contributed by atoms with Crippen LogP contribution in [0.2, 0.25) is 5.02 Å². The Morgan fingerprint density at radius 1 is 1.00 bits per heavy atom. The van der Waals surface area contributed by atoms with Gasteiger partial charge >= 0.3 is 0 Å². The SMILES string of the molecule is Cc1nc(N2CCN(Cc3ccccc3Cl)CC2)cc(-n2cccn2)n1. The van der Waals surface area contributed by atoms with E-state index in [1.165, 1.54) is 5.56 Å². The minimum Gasteiger partial charge on any atom is -0.354 e. The van der Waals surface area contributed by atoms with E-state index in [-0.39, 0.29) is 0 Å². The van der Waals surface area contributed by atoms with Crippen LogP contribution >= 0.6 is 11.6 Å². The van der Waals surface area contributed by atoms with Gasteiger partial charge in [-0.15, -0.1) is 0 Å². The van der Waals surface area contributed by atoms with E-state index >= 15 is 0 Å². The third kappa shape index (κ3) is 3.71.